The van der Waals surface area contributed by atoms with Gasteiger partial charge in [0.1, 0.15) is 6.04 Å². The van der Waals surface area contributed by atoms with Crippen LogP contribution in [0, 0.1) is 0 Å². The number of amides is 2. The molecule has 30 heavy (non-hydrogen) atoms. The average molecular weight is 427 g/mol. The van der Waals surface area contributed by atoms with E-state index in [2.05, 4.69) is 29.6 Å². The van der Waals surface area contributed by atoms with Crippen molar-refractivity contribution in [1.29, 1.82) is 0 Å². The van der Waals surface area contributed by atoms with Crippen molar-refractivity contribution >= 4 is 23.6 Å². The summed E-state index contributed by atoms with van der Waals surface area (Å²) < 4.78 is 0. The summed E-state index contributed by atoms with van der Waals surface area (Å²) in [5.74, 6) is 1.08. The minimum Gasteiger partial charge on any atom is -0.350 e. The van der Waals surface area contributed by atoms with Crippen LogP contribution in [0.1, 0.15) is 45.2 Å². The van der Waals surface area contributed by atoms with Gasteiger partial charge in [0.25, 0.3) is 0 Å². The minimum absolute atomic E-state index is 0.0165. The summed E-state index contributed by atoms with van der Waals surface area (Å²) in [5, 5.41) is 3.05. The van der Waals surface area contributed by atoms with Gasteiger partial charge >= 0.3 is 0 Å². The number of benzene rings is 2. The van der Waals surface area contributed by atoms with E-state index in [1.807, 2.05) is 64.1 Å². The van der Waals surface area contributed by atoms with Gasteiger partial charge in [0.05, 0.1) is 5.75 Å². The van der Waals surface area contributed by atoms with Crippen molar-refractivity contribution in [3.05, 3.63) is 71.8 Å². The van der Waals surface area contributed by atoms with Gasteiger partial charge in [-0.1, -0.05) is 67.6 Å². The second-order valence-corrected chi connectivity index (χ2v) is 9.45. The molecule has 0 bridgehead atoms. The Morgan fingerprint density at radius 3 is 2.07 bits per heavy atom. The predicted octanol–water partition coefficient (Wildman–Crippen LogP) is 4.68. The molecule has 2 rings (SSSR count). The summed E-state index contributed by atoms with van der Waals surface area (Å²) in [6.07, 6.45) is 1.32. The summed E-state index contributed by atoms with van der Waals surface area (Å²) >= 11 is 1.59. The fraction of sp³-hybridized carbons (Fsp3) is 0.440. The van der Waals surface area contributed by atoms with Gasteiger partial charge in [0.2, 0.25) is 11.8 Å². The number of hydrogen-bond donors (Lipinski definition) is 1. The highest BCUT2D eigenvalue weighted by Crippen LogP contribution is 2.16. The number of nitrogens with one attached hydrogen (secondary N) is 1. The van der Waals surface area contributed by atoms with Gasteiger partial charge in [-0.25, -0.2) is 0 Å². The molecule has 2 aromatic rings. The second kappa shape index (κ2) is 11.8. The Bertz CT molecular complexity index is 788. The second-order valence-electron chi connectivity index (χ2n) is 8.46. The van der Waals surface area contributed by atoms with Crippen LogP contribution in [0.15, 0.2) is 60.7 Å². The van der Waals surface area contributed by atoms with Crippen LogP contribution >= 0.6 is 11.8 Å². The summed E-state index contributed by atoms with van der Waals surface area (Å²) in [7, 11) is 0. The Morgan fingerprint density at radius 2 is 1.53 bits per heavy atom. The van der Waals surface area contributed by atoms with Crippen LogP contribution in [0.3, 0.4) is 0 Å². The van der Waals surface area contributed by atoms with E-state index in [1.54, 1.807) is 16.7 Å². The lowest BCUT2D eigenvalue weighted by Crippen LogP contribution is -2.54. The Morgan fingerprint density at radius 1 is 0.967 bits per heavy atom. The average Bonchev–Trinajstić information content (AvgIpc) is 2.71. The molecule has 2 amide bonds. The maximum Gasteiger partial charge on any atom is 0.243 e. The minimum atomic E-state index is -0.460. The standard InChI is InChI=1S/C25H34N2O2S/c1-5-22(24(29)26-25(2,3)4)27(17-16-20-12-8-6-9-13-20)23(28)19-30-18-21-14-10-7-11-15-21/h6-15,22H,5,16-19H2,1-4H3,(H,26,29). The van der Waals surface area contributed by atoms with Gasteiger partial charge in [-0.2, -0.15) is 0 Å². The Kier molecular flexibility index (Phi) is 9.44. The summed E-state index contributed by atoms with van der Waals surface area (Å²) in [6.45, 7) is 8.38. The van der Waals surface area contributed by atoms with Crippen LogP contribution < -0.4 is 5.32 Å². The molecular weight excluding hydrogens is 392 g/mol. The first-order valence-corrected chi connectivity index (χ1v) is 11.7. The topological polar surface area (TPSA) is 49.4 Å². The van der Waals surface area contributed by atoms with Gasteiger partial charge in [-0.15, -0.1) is 11.8 Å². The van der Waals surface area contributed by atoms with Gasteiger partial charge in [0.15, 0.2) is 0 Å². The monoisotopic (exact) mass is 426 g/mol. The van der Waals surface area contributed by atoms with Crippen molar-refractivity contribution in [3.8, 4) is 0 Å². The van der Waals surface area contributed by atoms with Crippen LogP contribution in [0.5, 0.6) is 0 Å². The number of thioether (sulfide) groups is 1. The molecule has 0 radical (unpaired) electrons. The van der Waals surface area contributed by atoms with Crippen molar-refractivity contribution in [1.82, 2.24) is 10.2 Å². The molecule has 5 heteroatoms. The first-order chi connectivity index (χ1) is 14.3. The Hall–Kier alpha value is -2.27. The van der Waals surface area contributed by atoms with E-state index >= 15 is 0 Å². The van der Waals surface area contributed by atoms with E-state index < -0.39 is 6.04 Å². The summed E-state index contributed by atoms with van der Waals surface area (Å²) in [5.41, 5.74) is 2.03. The fourth-order valence-electron chi connectivity index (χ4n) is 3.26. The molecule has 1 atom stereocenters. The molecule has 162 valence electrons. The van der Waals surface area contributed by atoms with E-state index in [0.29, 0.717) is 18.7 Å². The lowest BCUT2D eigenvalue weighted by Gasteiger charge is -2.33. The number of hydrogen-bond acceptors (Lipinski definition) is 3. The van der Waals surface area contributed by atoms with E-state index in [0.717, 1.165) is 12.2 Å². The molecule has 0 heterocycles. The first kappa shape index (κ1) is 24.0. The zero-order valence-corrected chi connectivity index (χ0v) is 19.4. The Balaban J connectivity index is 2.07. The number of carbonyl (C=O) groups is 2. The fourth-order valence-corrected chi connectivity index (χ4v) is 4.13. The third-order valence-corrected chi connectivity index (χ3v) is 5.69. The van der Waals surface area contributed by atoms with E-state index in [9.17, 15) is 9.59 Å². The molecule has 0 spiro atoms. The third-order valence-electron chi connectivity index (χ3n) is 4.71. The van der Waals surface area contributed by atoms with Crippen molar-refractivity contribution < 1.29 is 9.59 Å². The van der Waals surface area contributed by atoms with Crippen LogP contribution in [0.4, 0.5) is 0 Å². The molecule has 4 nitrogen and oxygen atoms in total. The highest BCUT2D eigenvalue weighted by molar-refractivity contribution is 7.99. The molecule has 0 saturated carbocycles. The first-order valence-electron chi connectivity index (χ1n) is 10.6. The maximum absolute atomic E-state index is 13.2. The van der Waals surface area contributed by atoms with Crippen molar-refractivity contribution in [2.24, 2.45) is 0 Å². The zero-order valence-electron chi connectivity index (χ0n) is 18.6. The van der Waals surface area contributed by atoms with E-state index in [-0.39, 0.29) is 17.4 Å². The lowest BCUT2D eigenvalue weighted by molar-refractivity contribution is -0.139. The molecule has 2 aromatic carbocycles. The molecule has 1 unspecified atom stereocenters. The van der Waals surface area contributed by atoms with Crippen molar-refractivity contribution in [2.75, 3.05) is 12.3 Å². The smallest absolute Gasteiger partial charge is 0.243 e. The molecule has 0 aliphatic rings. The van der Waals surface area contributed by atoms with Gasteiger partial charge < -0.3 is 10.2 Å². The lowest BCUT2D eigenvalue weighted by atomic mass is 10.1. The maximum atomic E-state index is 13.2. The van der Waals surface area contributed by atoms with Gasteiger partial charge in [-0.3, -0.25) is 9.59 Å². The van der Waals surface area contributed by atoms with E-state index in [4.69, 9.17) is 0 Å². The molecule has 0 aromatic heterocycles. The molecule has 0 saturated heterocycles. The predicted molar refractivity (Wildman–Crippen MR) is 126 cm³/mol. The van der Waals surface area contributed by atoms with Gasteiger partial charge in [0, 0.05) is 17.8 Å². The number of carbonyl (C=O) groups excluding carboxylic acids is 2. The summed E-state index contributed by atoms with van der Waals surface area (Å²) in [6, 6.07) is 19.8. The van der Waals surface area contributed by atoms with E-state index in [1.165, 1.54) is 11.1 Å². The zero-order chi connectivity index (χ0) is 22.0. The quantitative estimate of drug-likeness (QED) is 0.600. The normalized spacial score (nSPS) is 12.3. The number of rotatable bonds is 10. The van der Waals surface area contributed by atoms with Crippen molar-refractivity contribution in [2.45, 2.75) is 57.9 Å². The molecule has 0 aliphatic carbocycles. The molecule has 0 aliphatic heterocycles. The molecule has 1 N–H and O–H groups in total. The van der Waals surface area contributed by atoms with Gasteiger partial charge in [-0.05, 0) is 44.7 Å². The van der Waals surface area contributed by atoms with Crippen molar-refractivity contribution in [3.63, 3.8) is 0 Å². The Labute approximate surface area is 185 Å². The van der Waals surface area contributed by atoms with Crippen LogP contribution in [-0.4, -0.2) is 40.6 Å². The largest absolute Gasteiger partial charge is 0.350 e. The highest BCUT2D eigenvalue weighted by atomic mass is 32.2. The van der Waals surface area contributed by atoms with Crippen LogP contribution in [0.25, 0.3) is 0 Å². The van der Waals surface area contributed by atoms with Crippen LogP contribution in [-0.2, 0) is 21.8 Å². The van der Waals surface area contributed by atoms with Crippen LogP contribution in [0.2, 0.25) is 0 Å². The number of nitrogens with zero attached hydrogens (tertiary/aromatic N) is 1. The summed E-state index contributed by atoms with van der Waals surface area (Å²) in [4.78, 5) is 27.9. The third kappa shape index (κ3) is 8.23. The SMILES string of the molecule is CCC(C(=O)NC(C)(C)C)N(CCc1ccccc1)C(=O)CSCc1ccccc1. The molecule has 0 fully saturated rings. The highest BCUT2D eigenvalue weighted by Gasteiger charge is 2.30. The molecular formula is C25H34N2O2S.